The predicted octanol–water partition coefficient (Wildman–Crippen LogP) is 4.25. The van der Waals surface area contributed by atoms with E-state index >= 15 is 0 Å². The molecule has 3 amide bonds. The lowest BCUT2D eigenvalue weighted by Crippen LogP contribution is -2.56. The number of halogens is 1. The van der Waals surface area contributed by atoms with Crippen LogP contribution in [0.1, 0.15) is 56.0 Å². The Kier molecular flexibility index (Phi) is 8.00. The van der Waals surface area contributed by atoms with Gasteiger partial charge in [-0.2, -0.15) is 0 Å². The van der Waals surface area contributed by atoms with Gasteiger partial charge in [0.15, 0.2) is 0 Å². The number of carbonyl (C=O) groups excluding carboxylic acids is 3. The van der Waals surface area contributed by atoms with Crippen molar-refractivity contribution in [2.24, 2.45) is 5.92 Å². The van der Waals surface area contributed by atoms with Gasteiger partial charge in [0.25, 0.3) is 5.91 Å². The van der Waals surface area contributed by atoms with Gasteiger partial charge in [-0.1, -0.05) is 44.5 Å². The smallest absolute Gasteiger partial charge is 0.256 e. The first-order valence-corrected chi connectivity index (χ1v) is 13.1. The van der Waals surface area contributed by atoms with Crippen molar-refractivity contribution in [2.45, 2.75) is 64.6 Å². The lowest BCUT2D eigenvalue weighted by Gasteiger charge is -2.37. The number of nitrogens with one attached hydrogen (secondary N) is 3. The van der Waals surface area contributed by atoms with E-state index in [0.29, 0.717) is 41.6 Å². The number of fused-ring (bicyclic) bond motifs is 2. The Balaban J connectivity index is 1.55. The van der Waals surface area contributed by atoms with Gasteiger partial charge in [-0.05, 0) is 79.6 Å². The molecule has 2 aromatic carbocycles. The van der Waals surface area contributed by atoms with Gasteiger partial charge in [0.05, 0.1) is 17.3 Å². The van der Waals surface area contributed by atoms with E-state index in [1.165, 1.54) is 0 Å². The van der Waals surface area contributed by atoms with Crippen LogP contribution in [0.3, 0.4) is 0 Å². The maximum absolute atomic E-state index is 13.6. The number of piperidine rings is 1. The van der Waals surface area contributed by atoms with Gasteiger partial charge < -0.3 is 20.9 Å². The Labute approximate surface area is 218 Å². The highest BCUT2D eigenvalue weighted by molar-refractivity contribution is 6.31. The zero-order valence-electron chi connectivity index (χ0n) is 21.4. The molecule has 192 valence electrons. The minimum absolute atomic E-state index is 0.0637. The van der Waals surface area contributed by atoms with Gasteiger partial charge in [0.1, 0.15) is 6.04 Å². The van der Waals surface area contributed by atoms with Gasteiger partial charge in [0.2, 0.25) is 11.8 Å². The first-order chi connectivity index (χ1) is 17.2. The Morgan fingerprint density at radius 1 is 1.17 bits per heavy atom. The second-order valence-corrected chi connectivity index (χ2v) is 10.6. The molecule has 0 radical (unpaired) electrons. The van der Waals surface area contributed by atoms with Crippen LogP contribution in [0.5, 0.6) is 0 Å². The number of benzene rings is 2. The molecule has 4 rings (SSSR count). The van der Waals surface area contributed by atoms with Gasteiger partial charge in [-0.25, -0.2) is 0 Å². The molecular weight excluding hydrogens is 476 g/mol. The van der Waals surface area contributed by atoms with Crippen molar-refractivity contribution >= 4 is 35.0 Å². The monoisotopic (exact) mass is 510 g/mol. The third-order valence-electron chi connectivity index (χ3n) is 7.16. The predicted molar refractivity (Wildman–Crippen MR) is 143 cm³/mol. The van der Waals surface area contributed by atoms with Crippen LogP contribution in [0.25, 0.3) is 11.1 Å². The summed E-state index contributed by atoms with van der Waals surface area (Å²) in [6.07, 6.45) is 2.55. The topological polar surface area (TPSA) is 90.5 Å². The third kappa shape index (κ3) is 5.42. The fourth-order valence-electron chi connectivity index (χ4n) is 5.21. The summed E-state index contributed by atoms with van der Waals surface area (Å²) in [7, 11) is 1.78. The molecule has 0 aromatic heterocycles. The lowest BCUT2D eigenvalue weighted by molar-refractivity contribution is -0.126. The van der Waals surface area contributed by atoms with Gasteiger partial charge >= 0.3 is 0 Å². The Morgan fingerprint density at radius 2 is 1.94 bits per heavy atom. The fourth-order valence-corrected chi connectivity index (χ4v) is 5.38. The summed E-state index contributed by atoms with van der Waals surface area (Å²) in [6.45, 7) is 6.64. The summed E-state index contributed by atoms with van der Waals surface area (Å²) in [5.41, 5.74) is 3.99. The van der Waals surface area contributed by atoms with E-state index < -0.39 is 6.04 Å². The molecule has 7 nitrogen and oxygen atoms in total. The summed E-state index contributed by atoms with van der Waals surface area (Å²) in [5, 5.41) is 9.77. The summed E-state index contributed by atoms with van der Waals surface area (Å²) in [4.78, 5) is 41.3. The van der Waals surface area contributed by atoms with E-state index in [1.54, 1.807) is 18.0 Å². The molecule has 3 N–H and O–H groups in total. The summed E-state index contributed by atoms with van der Waals surface area (Å²) >= 11 is 6.27. The lowest BCUT2D eigenvalue weighted by atomic mass is 9.94. The van der Waals surface area contributed by atoms with Crippen molar-refractivity contribution in [1.29, 1.82) is 0 Å². The number of hydrogen-bond donors (Lipinski definition) is 3. The van der Waals surface area contributed by atoms with Gasteiger partial charge in [-0.3, -0.25) is 14.4 Å². The van der Waals surface area contributed by atoms with Crippen LogP contribution in [0.4, 0.5) is 5.69 Å². The van der Waals surface area contributed by atoms with Crippen LogP contribution < -0.4 is 16.0 Å². The van der Waals surface area contributed by atoms with Crippen molar-refractivity contribution in [1.82, 2.24) is 15.5 Å². The molecule has 3 unspecified atom stereocenters. The number of amides is 3. The Bertz CT molecular complexity index is 1170. The number of hydrogen-bond acceptors (Lipinski definition) is 4. The van der Waals surface area contributed by atoms with E-state index in [9.17, 15) is 14.4 Å². The number of aryl methyl sites for hydroxylation is 1. The van der Waals surface area contributed by atoms with Crippen molar-refractivity contribution in [3.05, 3.63) is 52.5 Å². The van der Waals surface area contributed by atoms with E-state index in [4.69, 9.17) is 11.6 Å². The highest BCUT2D eigenvalue weighted by Gasteiger charge is 2.40. The average molecular weight is 511 g/mol. The molecule has 0 spiro atoms. The molecular formula is C28H35ClN4O3. The summed E-state index contributed by atoms with van der Waals surface area (Å²) in [5.74, 6) is -0.0821. The van der Waals surface area contributed by atoms with Crippen molar-refractivity contribution in [2.75, 3.05) is 18.9 Å². The van der Waals surface area contributed by atoms with Gasteiger partial charge in [0, 0.05) is 17.6 Å². The minimum Gasteiger partial charge on any atom is -0.352 e. The normalized spacial score (nSPS) is 20.3. The van der Waals surface area contributed by atoms with Crippen LogP contribution in [-0.2, 0) is 16.0 Å². The standard InChI is InChI=1S/C28H35ClN4O3/c1-5-17-6-8-19(29)14-21(17)18-7-9-23-22(13-18)28(36)33-11-10-20(15-25(33)27(35)32-23)31-26(34)24(30-4)12-16(2)3/h6-9,13-14,16,20,24-25,30H,5,10-12,15H2,1-4H3,(H,31,34)(H,32,35). The summed E-state index contributed by atoms with van der Waals surface area (Å²) in [6, 6.07) is 10.3. The van der Waals surface area contributed by atoms with Crippen molar-refractivity contribution in [3.63, 3.8) is 0 Å². The van der Waals surface area contributed by atoms with Crippen LogP contribution in [0.15, 0.2) is 36.4 Å². The van der Waals surface area contributed by atoms with Crippen molar-refractivity contribution < 1.29 is 14.4 Å². The number of carbonyl (C=O) groups is 3. The van der Waals surface area contributed by atoms with E-state index in [0.717, 1.165) is 29.5 Å². The van der Waals surface area contributed by atoms with E-state index in [2.05, 4.69) is 36.7 Å². The van der Waals surface area contributed by atoms with Crippen LogP contribution in [-0.4, -0.2) is 54.3 Å². The number of nitrogens with zero attached hydrogens (tertiary/aromatic N) is 1. The summed E-state index contributed by atoms with van der Waals surface area (Å²) < 4.78 is 0. The molecule has 2 aliphatic rings. The molecule has 36 heavy (non-hydrogen) atoms. The Morgan fingerprint density at radius 3 is 2.64 bits per heavy atom. The SMILES string of the molecule is CCc1ccc(Cl)cc1-c1ccc2c(c1)C(=O)N1CCC(NC(=O)C(CC(C)C)NC)CC1C(=O)N2. The largest absolute Gasteiger partial charge is 0.352 e. The van der Waals surface area contributed by atoms with E-state index in [-0.39, 0.29) is 29.8 Å². The molecule has 0 bridgehead atoms. The maximum atomic E-state index is 13.6. The average Bonchev–Trinajstić information content (AvgIpc) is 2.96. The maximum Gasteiger partial charge on any atom is 0.256 e. The number of anilines is 1. The second kappa shape index (κ2) is 11.0. The first kappa shape index (κ1) is 26.2. The first-order valence-electron chi connectivity index (χ1n) is 12.7. The molecule has 2 aromatic rings. The number of likely N-dealkylation sites (N-methyl/N-ethyl adjacent to an activating group) is 1. The number of rotatable bonds is 7. The van der Waals surface area contributed by atoms with Gasteiger partial charge in [-0.15, -0.1) is 0 Å². The minimum atomic E-state index is -0.636. The molecule has 0 aliphatic carbocycles. The zero-order valence-corrected chi connectivity index (χ0v) is 22.1. The molecule has 0 saturated carbocycles. The molecule has 8 heteroatoms. The van der Waals surface area contributed by atoms with Crippen LogP contribution in [0, 0.1) is 5.92 Å². The molecule has 3 atom stereocenters. The molecule has 1 saturated heterocycles. The highest BCUT2D eigenvalue weighted by Crippen LogP contribution is 2.34. The molecule has 2 heterocycles. The quantitative estimate of drug-likeness (QED) is 0.519. The van der Waals surface area contributed by atoms with Crippen molar-refractivity contribution in [3.8, 4) is 11.1 Å². The van der Waals surface area contributed by atoms with Crippen LogP contribution in [0.2, 0.25) is 5.02 Å². The Hall–Kier alpha value is -2.90. The second-order valence-electron chi connectivity index (χ2n) is 10.1. The third-order valence-corrected chi connectivity index (χ3v) is 7.39. The molecule has 1 fully saturated rings. The van der Waals surface area contributed by atoms with Crippen LogP contribution >= 0.6 is 11.6 Å². The van der Waals surface area contributed by atoms with E-state index in [1.807, 2.05) is 30.3 Å². The molecule has 2 aliphatic heterocycles. The fraction of sp³-hybridized carbons (Fsp3) is 0.464. The zero-order chi connectivity index (χ0) is 26.0. The highest BCUT2D eigenvalue weighted by atomic mass is 35.5.